The summed E-state index contributed by atoms with van der Waals surface area (Å²) in [7, 11) is 0. The highest BCUT2D eigenvalue weighted by atomic mass is 79.9. The van der Waals surface area contributed by atoms with Crippen LogP contribution >= 0.6 is 15.9 Å². The molecule has 2 rings (SSSR count). The molecule has 0 aliphatic carbocycles. The van der Waals surface area contributed by atoms with E-state index in [-0.39, 0.29) is 5.75 Å². The Kier molecular flexibility index (Phi) is 5.65. The van der Waals surface area contributed by atoms with Gasteiger partial charge in [0.05, 0.1) is 0 Å². The van der Waals surface area contributed by atoms with Gasteiger partial charge in [0.15, 0.2) is 0 Å². The van der Waals surface area contributed by atoms with Gasteiger partial charge in [0.2, 0.25) is 0 Å². The Bertz CT molecular complexity index is 582. The average Bonchev–Trinajstić information content (AvgIpc) is 2.45. The van der Waals surface area contributed by atoms with E-state index in [1.807, 2.05) is 24.3 Å². The van der Waals surface area contributed by atoms with Crippen molar-refractivity contribution in [2.24, 2.45) is 0 Å². The maximum Gasteiger partial charge on any atom is 0.124 e. The molecule has 0 spiro atoms. The first kappa shape index (κ1) is 15.9. The highest BCUT2D eigenvalue weighted by Gasteiger charge is 2.06. The second-order valence-electron chi connectivity index (χ2n) is 5.24. The van der Waals surface area contributed by atoms with Gasteiger partial charge in [-0.15, -0.1) is 0 Å². The molecule has 0 fully saturated rings. The Morgan fingerprint density at radius 2 is 1.86 bits per heavy atom. The molecule has 0 saturated carbocycles. The number of phenols is 1. The van der Waals surface area contributed by atoms with Gasteiger partial charge >= 0.3 is 0 Å². The van der Waals surface area contributed by atoms with Crippen LogP contribution < -0.4 is 10.1 Å². The quantitative estimate of drug-likeness (QED) is 0.819. The van der Waals surface area contributed by atoms with Crippen molar-refractivity contribution in [2.45, 2.75) is 33.0 Å². The van der Waals surface area contributed by atoms with E-state index >= 15 is 0 Å². The van der Waals surface area contributed by atoms with Crippen LogP contribution in [0.2, 0.25) is 0 Å². The van der Waals surface area contributed by atoms with E-state index in [0.29, 0.717) is 12.6 Å². The molecule has 0 heterocycles. The second kappa shape index (κ2) is 7.48. The van der Waals surface area contributed by atoms with Gasteiger partial charge in [-0.05, 0) is 35.9 Å². The van der Waals surface area contributed by atoms with E-state index in [2.05, 4.69) is 41.2 Å². The zero-order chi connectivity index (χ0) is 15.2. The summed E-state index contributed by atoms with van der Waals surface area (Å²) in [5.74, 6) is 1.14. The normalized spacial score (nSPS) is 10.9. The van der Waals surface area contributed by atoms with Crippen molar-refractivity contribution in [1.82, 2.24) is 5.32 Å². The van der Waals surface area contributed by atoms with Gasteiger partial charge in [-0.2, -0.15) is 0 Å². The van der Waals surface area contributed by atoms with Crippen molar-refractivity contribution in [2.75, 3.05) is 0 Å². The molecule has 0 bridgehead atoms. The van der Waals surface area contributed by atoms with Crippen molar-refractivity contribution in [1.29, 1.82) is 0 Å². The van der Waals surface area contributed by atoms with E-state index in [4.69, 9.17) is 4.74 Å². The molecule has 112 valence electrons. The predicted molar refractivity (Wildman–Crippen MR) is 88.6 cm³/mol. The minimum absolute atomic E-state index is 0.268. The van der Waals surface area contributed by atoms with Crippen LogP contribution in [-0.4, -0.2) is 11.1 Å². The molecule has 21 heavy (non-hydrogen) atoms. The lowest BCUT2D eigenvalue weighted by Crippen LogP contribution is -2.22. The number of halogens is 1. The molecule has 0 amide bonds. The third kappa shape index (κ3) is 5.06. The molecule has 4 heteroatoms. The summed E-state index contributed by atoms with van der Waals surface area (Å²) in [5.41, 5.74) is 2.15. The molecule has 0 aliphatic heterocycles. The summed E-state index contributed by atoms with van der Waals surface area (Å²) in [4.78, 5) is 0. The first-order valence-electron chi connectivity index (χ1n) is 6.97. The molecule has 0 aromatic heterocycles. The molecular weight excluding hydrogens is 330 g/mol. The molecule has 2 aromatic carbocycles. The Labute approximate surface area is 134 Å². The van der Waals surface area contributed by atoms with E-state index in [1.165, 1.54) is 0 Å². The van der Waals surface area contributed by atoms with Gasteiger partial charge in [0, 0.05) is 22.6 Å². The molecule has 0 radical (unpaired) electrons. The van der Waals surface area contributed by atoms with Crippen LogP contribution in [0.5, 0.6) is 11.5 Å². The SMILES string of the molecule is CC(C)NCc1cc(Br)ccc1OCc1ccc(O)cc1. The standard InChI is InChI=1S/C17H20BrNO2/c1-12(2)19-10-14-9-15(18)5-8-17(14)21-11-13-3-6-16(20)7-4-13/h3-9,12,19-20H,10-11H2,1-2H3. The topological polar surface area (TPSA) is 41.5 Å². The number of phenolic OH excluding ortho intramolecular Hbond substituents is 1. The van der Waals surface area contributed by atoms with E-state index < -0.39 is 0 Å². The second-order valence-corrected chi connectivity index (χ2v) is 6.16. The summed E-state index contributed by atoms with van der Waals surface area (Å²) in [6.07, 6.45) is 0. The Balaban J connectivity index is 2.06. The minimum atomic E-state index is 0.268. The van der Waals surface area contributed by atoms with Crippen LogP contribution in [0, 0.1) is 0 Å². The number of nitrogens with one attached hydrogen (secondary N) is 1. The smallest absolute Gasteiger partial charge is 0.124 e. The zero-order valence-corrected chi connectivity index (χ0v) is 13.9. The van der Waals surface area contributed by atoms with Gasteiger partial charge in [-0.3, -0.25) is 0 Å². The summed E-state index contributed by atoms with van der Waals surface area (Å²) in [6, 6.07) is 13.5. The van der Waals surface area contributed by atoms with Gasteiger partial charge in [0.1, 0.15) is 18.1 Å². The summed E-state index contributed by atoms with van der Waals surface area (Å²) < 4.78 is 6.95. The van der Waals surface area contributed by atoms with Crippen molar-refractivity contribution < 1.29 is 9.84 Å². The maximum atomic E-state index is 9.28. The largest absolute Gasteiger partial charge is 0.508 e. The Morgan fingerprint density at radius 3 is 2.52 bits per heavy atom. The minimum Gasteiger partial charge on any atom is -0.508 e. The summed E-state index contributed by atoms with van der Waals surface area (Å²) in [6.45, 7) is 5.49. The predicted octanol–water partition coefficient (Wildman–Crippen LogP) is 4.23. The van der Waals surface area contributed by atoms with Crippen LogP contribution in [0.3, 0.4) is 0 Å². The molecule has 3 nitrogen and oxygen atoms in total. The van der Waals surface area contributed by atoms with Gasteiger partial charge < -0.3 is 15.2 Å². The molecule has 2 N–H and O–H groups in total. The molecule has 0 unspecified atom stereocenters. The first-order valence-corrected chi connectivity index (χ1v) is 7.76. The third-order valence-corrected chi connectivity index (χ3v) is 3.55. The lowest BCUT2D eigenvalue weighted by molar-refractivity contribution is 0.301. The fourth-order valence-corrected chi connectivity index (χ4v) is 2.30. The highest BCUT2D eigenvalue weighted by Crippen LogP contribution is 2.24. The first-order chi connectivity index (χ1) is 10.0. The zero-order valence-electron chi connectivity index (χ0n) is 12.3. The lowest BCUT2D eigenvalue weighted by atomic mass is 10.2. The fraction of sp³-hybridized carbons (Fsp3) is 0.294. The molecular formula is C17H20BrNO2. The number of benzene rings is 2. The van der Waals surface area contributed by atoms with Crippen LogP contribution in [-0.2, 0) is 13.2 Å². The molecule has 2 aromatic rings. The average molecular weight is 350 g/mol. The van der Waals surface area contributed by atoms with Gasteiger partial charge in [-0.25, -0.2) is 0 Å². The highest BCUT2D eigenvalue weighted by molar-refractivity contribution is 9.10. The molecule has 0 saturated heterocycles. The van der Waals surface area contributed by atoms with Crippen molar-refractivity contribution in [3.8, 4) is 11.5 Å². The van der Waals surface area contributed by atoms with Crippen molar-refractivity contribution in [3.63, 3.8) is 0 Å². The monoisotopic (exact) mass is 349 g/mol. The number of rotatable bonds is 6. The van der Waals surface area contributed by atoms with Crippen LogP contribution in [0.15, 0.2) is 46.9 Å². The number of ether oxygens (including phenoxy) is 1. The molecule has 0 aliphatic rings. The van der Waals surface area contributed by atoms with E-state index in [1.54, 1.807) is 12.1 Å². The van der Waals surface area contributed by atoms with Gasteiger partial charge in [-0.1, -0.05) is 41.9 Å². The lowest BCUT2D eigenvalue weighted by Gasteiger charge is -2.14. The number of hydrogen-bond donors (Lipinski definition) is 2. The third-order valence-electron chi connectivity index (χ3n) is 3.05. The van der Waals surface area contributed by atoms with Crippen molar-refractivity contribution in [3.05, 3.63) is 58.1 Å². The van der Waals surface area contributed by atoms with E-state index in [9.17, 15) is 5.11 Å². The Morgan fingerprint density at radius 1 is 1.14 bits per heavy atom. The van der Waals surface area contributed by atoms with Crippen molar-refractivity contribution >= 4 is 15.9 Å². The van der Waals surface area contributed by atoms with Crippen LogP contribution in [0.4, 0.5) is 0 Å². The maximum absolute atomic E-state index is 9.28. The van der Waals surface area contributed by atoms with E-state index in [0.717, 1.165) is 27.9 Å². The fourth-order valence-electron chi connectivity index (χ4n) is 1.89. The van der Waals surface area contributed by atoms with Gasteiger partial charge in [0.25, 0.3) is 0 Å². The summed E-state index contributed by atoms with van der Waals surface area (Å²) in [5, 5.41) is 12.7. The Hall–Kier alpha value is -1.52. The van der Waals surface area contributed by atoms with Crippen LogP contribution in [0.25, 0.3) is 0 Å². The number of aromatic hydroxyl groups is 1. The number of hydrogen-bond acceptors (Lipinski definition) is 3. The van der Waals surface area contributed by atoms with Crippen LogP contribution in [0.1, 0.15) is 25.0 Å². The summed E-state index contributed by atoms with van der Waals surface area (Å²) >= 11 is 3.50. The molecule has 0 atom stereocenters.